The van der Waals surface area contributed by atoms with Crippen LogP contribution in [0.1, 0.15) is 85.1 Å². The van der Waals surface area contributed by atoms with Crippen molar-refractivity contribution in [3.05, 3.63) is 42.5 Å². The van der Waals surface area contributed by atoms with Crippen molar-refractivity contribution >= 4 is 21.9 Å². The number of rotatable bonds is 10. The Labute approximate surface area is 234 Å². The highest BCUT2D eigenvalue weighted by atomic mass is 32.2. The molecule has 1 aromatic rings. The maximum absolute atomic E-state index is 13.1. The molecule has 0 spiro atoms. The van der Waals surface area contributed by atoms with Crippen molar-refractivity contribution in [3.63, 3.8) is 0 Å². The Hall–Kier alpha value is -2.03. The summed E-state index contributed by atoms with van der Waals surface area (Å²) in [5, 5.41) is 11.8. The summed E-state index contributed by atoms with van der Waals surface area (Å²) >= 11 is 0. The first-order chi connectivity index (χ1) is 18.1. The molecule has 2 bridgehead atoms. The predicted molar refractivity (Wildman–Crippen MR) is 150 cm³/mol. The third-order valence-corrected chi connectivity index (χ3v) is 11.2. The van der Waals surface area contributed by atoms with Gasteiger partial charge < -0.3 is 14.6 Å². The van der Waals surface area contributed by atoms with E-state index < -0.39 is 45.7 Å². The number of aliphatic hydroxyl groups is 1. The van der Waals surface area contributed by atoms with E-state index in [1.165, 1.54) is 12.1 Å². The minimum atomic E-state index is -4.13. The van der Waals surface area contributed by atoms with Crippen LogP contribution in [0.15, 0.2) is 41.8 Å². The molecule has 0 heterocycles. The molecular weight excluding hydrogens is 516 g/mol. The number of hydrogen-bond acceptors (Lipinski definition) is 7. The second-order valence-electron chi connectivity index (χ2n) is 12.6. The van der Waals surface area contributed by atoms with E-state index in [2.05, 4.69) is 27.4 Å². The van der Waals surface area contributed by atoms with Crippen LogP contribution in [0.3, 0.4) is 0 Å². The van der Waals surface area contributed by atoms with Crippen molar-refractivity contribution < 1.29 is 32.0 Å². The van der Waals surface area contributed by atoms with Crippen molar-refractivity contribution in [3.8, 4) is 0 Å². The first-order valence-corrected chi connectivity index (χ1v) is 15.5. The lowest BCUT2D eigenvalue weighted by Gasteiger charge is -2.60. The van der Waals surface area contributed by atoms with Crippen LogP contribution in [-0.4, -0.2) is 44.1 Å². The number of benzene rings is 1. The number of aryl methyl sites for hydroxylation is 1. The van der Waals surface area contributed by atoms with Crippen LogP contribution in [-0.2, 0) is 28.6 Å². The minimum absolute atomic E-state index is 0.0251. The number of aliphatic hydroxyl groups excluding tert-OH is 1. The zero-order chi connectivity index (χ0) is 29.2. The van der Waals surface area contributed by atoms with Crippen molar-refractivity contribution in [2.75, 3.05) is 6.61 Å². The predicted octanol–water partition coefficient (Wildman–Crippen LogP) is 5.78. The topological polar surface area (TPSA) is 107 Å². The van der Waals surface area contributed by atoms with E-state index in [9.17, 15) is 23.1 Å². The highest BCUT2D eigenvalue weighted by Gasteiger charge is 2.59. The molecule has 3 rings (SSSR count). The van der Waals surface area contributed by atoms with Gasteiger partial charge in [-0.1, -0.05) is 57.9 Å². The molecule has 0 saturated heterocycles. The van der Waals surface area contributed by atoms with Gasteiger partial charge in [0.05, 0.1) is 11.0 Å². The number of esters is 1. The average molecular weight is 563 g/mol. The first kappa shape index (κ1) is 31.5. The summed E-state index contributed by atoms with van der Waals surface area (Å²) in [5.74, 6) is -0.471. The Bertz CT molecular complexity index is 1160. The summed E-state index contributed by atoms with van der Waals surface area (Å²) in [7, 11) is -4.13. The summed E-state index contributed by atoms with van der Waals surface area (Å²) in [6, 6.07) is 6.21. The Morgan fingerprint density at radius 3 is 2.41 bits per heavy atom. The van der Waals surface area contributed by atoms with Gasteiger partial charge in [-0.25, -0.2) is 4.79 Å². The molecule has 2 saturated carbocycles. The summed E-state index contributed by atoms with van der Waals surface area (Å²) in [4.78, 5) is 25.2. The molecule has 7 nitrogen and oxygen atoms in total. The van der Waals surface area contributed by atoms with Crippen LogP contribution in [0.4, 0.5) is 0 Å². The van der Waals surface area contributed by atoms with Crippen LogP contribution in [0.5, 0.6) is 0 Å². The molecule has 1 aromatic carbocycles. The smallest absolute Gasteiger partial charge is 0.333 e. The van der Waals surface area contributed by atoms with E-state index in [0.717, 1.165) is 24.8 Å². The van der Waals surface area contributed by atoms with Gasteiger partial charge in [-0.15, -0.1) is 6.58 Å². The summed E-state index contributed by atoms with van der Waals surface area (Å²) in [6.07, 6.45) is 5.14. The highest BCUT2D eigenvalue weighted by molar-refractivity contribution is 7.86. The van der Waals surface area contributed by atoms with E-state index in [1.807, 2.05) is 13.8 Å². The fourth-order valence-electron chi connectivity index (χ4n) is 7.10. The zero-order valence-corrected chi connectivity index (χ0v) is 25.2. The molecule has 0 aliphatic heterocycles. The fourth-order valence-corrected chi connectivity index (χ4v) is 7.96. The molecule has 7 atom stereocenters. The molecule has 0 aromatic heterocycles. The van der Waals surface area contributed by atoms with Gasteiger partial charge in [-0.05, 0) is 75.3 Å². The van der Waals surface area contributed by atoms with Gasteiger partial charge in [0.15, 0.2) is 6.61 Å². The minimum Gasteiger partial charge on any atom is -0.460 e. The standard InChI is InChI=1S/C31H46O7S/c1-8-25-28(34)29(6,9-2)18-26(30(7)20-31(25,16-14-22(30)4)17-15-23(5)32)38-27(33)19-37-39(35,36)24-12-10-21(3)11-13-24/h9-13,22,25-26,28,34H,2,8,14-20H2,1,3-7H3/t22-,25+,26-,28+,29-,30+,31-/m1/s1. The van der Waals surface area contributed by atoms with E-state index in [-0.39, 0.29) is 27.9 Å². The van der Waals surface area contributed by atoms with E-state index in [4.69, 9.17) is 8.92 Å². The lowest BCUT2D eigenvalue weighted by Crippen LogP contribution is -2.58. The molecule has 2 fully saturated rings. The Balaban J connectivity index is 1.92. The van der Waals surface area contributed by atoms with Gasteiger partial charge in [0, 0.05) is 17.3 Å². The van der Waals surface area contributed by atoms with Crippen molar-refractivity contribution in [1.82, 2.24) is 0 Å². The number of fused-ring (bicyclic) bond motifs is 2. The lowest BCUT2D eigenvalue weighted by atomic mass is 9.46. The number of carbonyl (C=O) groups excluding carboxylic acids is 2. The van der Waals surface area contributed by atoms with Crippen LogP contribution in [0, 0.1) is 35.0 Å². The van der Waals surface area contributed by atoms with Gasteiger partial charge in [-0.2, -0.15) is 8.42 Å². The van der Waals surface area contributed by atoms with Gasteiger partial charge in [-0.3, -0.25) is 4.18 Å². The number of carbonyl (C=O) groups is 2. The SMILES string of the molecule is C=C[C@]1(C)C[C@@H](OC(=O)COS(=O)(=O)c2ccc(C)cc2)[C@@]2(C)C[C@](CCC(C)=O)(CC[C@H]2C)[C@@H](CC)[C@@H]1O. The summed E-state index contributed by atoms with van der Waals surface area (Å²) < 4.78 is 36.5. The van der Waals surface area contributed by atoms with Gasteiger partial charge >= 0.3 is 5.97 Å². The molecule has 0 unspecified atom stereocenters. The zero-order valence-electron chi connectivity index (χ0n) is 24.4. The van der Waals surface area contributed by atoms with Gasteiger partial charge in [0.2, 0.25) is 0 Å². The lowest BCUT2D eigenvalue weighted by molar-refractivity contribution is -0.192. The van der Waals surface area contributed by atoms with Gasteiger partial charge in [0.1, 0.15) is 11.9 Å². The molecule has 2 aliphatic rings. The monoisotopic (exact) mass is 562 g/mol. The normalized spacial score (nSPS) is 34.9. The molecule has 8 heteroatoms. The van der Waals surface area contributed by atoms with Crippen LogP contribution < -0.4 is 0 Å². The number of hydrogen-bond donors (Lipinski definition) is 1. The molecule has 0 amide bonds. The Morgan fingerprint density at radius 2 is 1.85 bits per heavy atom. The number of ketones is 1. The van der Waals surface area contributed by atoms with E-state index in [0.29, 0.717) is 25.7 Å². The first-order valence-electron chi connectivity index (χ1n) is 14.1. The highest BCUT2D eigenvalue weighted by Crippen LogP contribution is 2.62. The second kappa shape index (κ2) is 11.8. The third kappa shape index (κ3) is 6.49. The van der Waals surface area contributed by atoms with E-state index >= 15 is 0 Å². The van der Waals surface area contributed by atoms with Crippen LogP contribution in [0.25, 0.3) is 0 Å². The largest absolute Gasteiger partial charge is 0.460 e. The maximum atomic E-state index is 13.1. The summed E-state index contributed by atoms with van der Waals surface area (Å²) in [5.41, 5.74) is -0.578. The van der Waals surface area contributed by atoms with Crippen molar-refractivity contribution in [1.29, 1.82) is 0 Å². The van der Waals surface area contributed by atoms with Gasteiger partial charge in [0.25, 0.3) is 10.1 Å². The summed E-state index contributed by atoms with van der Waals surface area (Å²) in [6.45, 7) is 15.1. The molecule has 1 N–H and O–H groups in total. The van der Waals surface area contributed by atoms with Crippen LogP contribution in [0.2, 0.25) is 0 Å². The third-order valence-electron chi connectivity index (χ3n) is 9.93. The molecule has 0 radical (unpaired) electrons. The fraction of sp³-hybridized carbons (Fsp3) is 0.677. The number of ether oxygens (including phenoxy) is 1. The van der Waals surface area contributed by atoms with E-state index in [1.54, 1.807) is 25.1 Å². The Morgan fingerprint density at radius 1 is 1.21 bits per heavy atom. The van der Waals surface area contributed by atoms with Crippen LogP contribution >= 0.6 is 0 Å². The Kier molecular flexibility index (Phi) is 9.56. The maximum Gasteiger partial charge on any atom is 0.333 e. The second-order valence-corrected chi connectivity index (χ2v) is 14.2. The molecule has 39 heavy (non-hydrogen) atoms. The number of Topliss-reactive ketones (excluding diaryl/α,β-unsaturated/α-hetero) is 1. The van der Waals surface area contributed by atoms with Crippen molar-refractivity contribution in [2.45, 2.75) is 104 Å². The molecule has 218 valence electrons. The quantitative estimate of drug-likeness (QED) is 0.219. The van der Waals surface area contributed by atoms with Crippen molar-refractivity contribution in [2.24, 2.45) is 28.1 Å². The molecule has 2 aliphatic carbocycles. The molecular formula is C31H46O7S. The average Bonchev–Trinajstić information content (AvgIpc) is 2.88.